The van der Waals surface area contributed by atoms with Gasteiger partial charge in [-0.15, -0.1) is 0 Å². The molecule has 0 atom stereocenters. The van der Waals surface area contributed by atoms with Gasteiger partial charge in [-0.25, -0.2) is 14.8 Å². The predicted molar refractivity (Wildman–Crippen MR) is 121 cm³/mol. The van der Waals surface area contributed by atoms with E-state index in [1.807, 2.05) is 20.8 Å². The van der Waals surface area contributed by atoms with Gasteiger partial charge >= 0.3 is 5.69 Å². The lowest BCUT2D eigenvalue weighted by Gasteiger charge is -2.13. The maximum absolute atomic E-state index is 12.8. The molecule has 10 heteroatoms. The van der Waals surface area contributed by atoms with Gasteiger partial charge in [0.15, 0.2) is 5.65 Å². The molecule has 1 aromatic carbocycles. The first-order chi connectivity index (χ1) is 14.7. The number of nitrogens with one attached hydrogen (secondary N) is 1. The van der Waals surface area contributed by atoms with E-state index in [1.165, 1.54) is 11.6 Å². The van der Waals surface area contributed by atoms with Crippen molar-refractivity contribution < 1.29 is 9.53 Å². The van der Waals surface area contributed by atoms with Gasteiger partial charge in [-0.2, -0.15) is 0 Å². The van der Waals surface area contributed by atoms with Gasteiger partial charge in [-0.3, -0.25) is 18.7 Å². The number of hydrogen-bond acceptors (Lipinski definition) is 7. The van der Waals surface area contributed by atoms with Crippen LogP contribution in [0.15, 0.2) is 38.9 Å². The normalized spacial score (nSPS) is 11.2. The van der Waals surface area contributed by atoms with Gasteiger partial charge < -0.3 is 10.1 Å². The number of amides is 1. The zero-order valence-electron chi connectivity index (χ0n) is 18.1. The van der Waals surface area contributed by atoms with Crippen LogP contribution in [0.2, 0.25) is 0 Å². The molecule has 1 N–H and O–H groups in total. The molecule has 0 fully saturated rings. The van der Waals surface area contributed by atoms with E-state index < -0.39 is 11.2 Å². The Labute approximate surface area is 183 Å². The zero-order chi connectivity index (χ0) is 22.7. The minimum atomic E-state index is -0.483. The number of fused-ring (bicyclic) bond motifs is 1. The minimum Gasteiger partial charge on any atom is -0.494 e. The van der Waals surface area contributed by atoms with E-state index in [0.717, 1.165) is 22.1 Å². The van der Waals surface area contributed by atoms with Crippen LogP contribution in [-0.4, -0.2) is 37.4 Å². The number of carbonyl (C=O) groups excluding carboxylic acids is 1. The molecule has 0 saturated heterocycles. The summed E-state index contributed by atoms with van der Waals surface area (Å²) in [6.07, 6.45) is 0. The molecule has 2 heterocycles. The summed E-state index contributed by atoms with van der Waals surface area (Å²) in [6, 6.07) is 7.08. The molecule has 0 aliphatic rings. The number of anilines is 1. The maximum atomic E-state index is 12.8. The van der Waals surface area contributed by atoms with Crippen LogP contribution in [0.4, 0.5) is 5.69 Å². The van der Waals surface area contributed by atoms with Crippen LogP contribution in [0.1, 0.15) is 32.5 Å². The lowest BCUT2D eigenvalue weighted by Crippen LogP contribution is -2.38. The molecule has 31 heavy (non-hydrogen) atoms. The van der Waals surface area contributed by atoms with Crippen molar-refractivity contribution in [2.24, 2.45) is 14.1 Å². The molecule has 0 radical (unpaired) electrons. The number of benzene rings is 1. The second-order valence-electron chi connectivity index (χ2n) is 7.24. The Morgan fingerprint density at radius 3 is 2.42 bits per heavy atom. The quantitative estimate of drug-likeness (QED) is 0.441. The van der Waals surface area contributed by atoms with Crippen molar-refractivity contribution in [3.8, 4) is 5.75 Å². The van der Waals surface area contributed by atoms with Crippen LogP contribution < -0.4 is 21.3 Å². The molecule has 3 rings (SSSR count). The van der Waals surface area contributed by atoms with E-state index in [2.05, 4.69) is 15.3 Å². The number of aromatic nitrogens is 4. The van der Waals surface area contributed by atoms with Crippen molar-refractivity contribution in [2.45, 2.75) is 31.7 Å². The summed E-state index contributed by atoms with van der Waals surface area (Å²) in [5, 5.41) is 3.43. The van der Waals surface area contributed by atoms with Gasteiger partial charge in [0, 0.05) is 25.7 Å². The molecular formula is C21H25N5O4S. The highest BCUT2D eigenvalue weighted by Crippen LogP contribution is 2.25. The molecule has 1 amide bonds. The summed E-state index contributed by atoms with van der Waals surface area (Å²) in [6.45, 7) is 6.32. The predicted octanol–water partition coefficient (Wildman–Crippen LogP) is 2.28. The number of aryl methyl sites for hydroxylation is 1. The van der Waals surface area contributed by atoms with Gasteiger partial charge in [0.05, 0.1) is 12.4 Å². The van der Waals surface area contributed by atoms with E-state index in [9.17, 15) is 14.4 Å². The van der Waals surface area contributed by atoms with Crippen molar-refractivity contribution in [3.05, 3.63) is 50.9 Å². The van der Waals surface area contributed by atoms with Gasteiger partial charge in [-0.05, 0) is 31.2 Å². The first-order valence-electron chi connectivity index (χ1n) is 9.86. The van der Waals surface area contributed by atoms with E-state index in [-0.39, 0.29) is 28.6 Å². The Bertz CT molecular complexity index is 1230. The zero-order valence-corrected chi connectivity index (χ0v) is 18.9. The summed E-state index contributed by atoms with van der Waals surface area (Å²) in [5.41, 5.74) is -0.0399. The molecule has 0 aliphatic heterocycles. The second-order valence-corrected chi connectivity index (χ2v) is 8.20. The summed E-state index contributed by atoms with van der Waals surface area (Å²) in [5.74, 6) is 1.02. The second kappa shape index (κ2) is 9.34. The summed E-state index contributed by atoms with van der Waals surface area (Å²) in [7, 11) is 2.97. The van der Waals surface area contributed by atoms with Crippen LogP contribution in [0.25, 0.3) is 11.0 Å². The molecule has 9 nitrogen and oxygen atoms in total. The average molecular weight is 444 g/mol. The lowest BCUT2D eigenvalue weighted by molar-refractivity contribution is -0.113. The Morgan fingerprint density at radius 2 is 1.81 bits per heavy atom. The molecular weight excluding hydrogens is 418 g/mol. The largest absolute Gasteiger partial charge is 0.494 e. The van der Waals surface area contributed by atoms with E-state index >= 15 is 0 Å². The SMILES string of the molecule is CCOc1ccc(NC(=O)CSc2nc(C(C)C)nc3c2c(=O)n(C)c(=O)n3C)cc1. The van der Waals surface area contributed by atoms with Crippen molar-refractivity contribution >= 4 is 34.4 Å². The van der Waals surface area contributed by atoms with Gasteiger partial charge in [-0.1, -0.05) is 25.6 Å². The fraction of sp³-hybridized carbons (Fsp3) is 0.381. The maximum Gasteiger partial charge on any atom is 0.332 e. The Hall–Kier alpha value is -3.14. The smallest absolute Gasteiger partial charge is 0.332 e. The Balaban J connectivity index is 1.89. The first-order valence-corrected chi connectivity index (χ1v) is 10.8. The molecule has 3 aromatic rings. The van der Waals surface area contributed by atoms with Crippen LogP contribution in [-0.2, 0) is 18.9 Å². The fourth-order valence-electron chi connectivity index (χ4n) is 2.94. The van der Waals surface area contributed by atoms with Gasteiger partial charge in [0.1, 0.15) is 22.0 Å². The number of rotatable bonds is 7. The highest BCUT2D eigenvalue weighted by Gasteiger charge is 2.19. The molecule has 0 bridgehead atoms. The topological polar surface area (TPSA) is 108 Å². The van der Waals surface area contributed by atoms with E-state index in [4.69, 9.17) is 4.74 Å². The van der Waals surface area contributed by atoms with Gasteiger partial charge in [0.25, 0.3) is 5.56 Å². The standard InChI is InChI=1S/C21H25N5O4S/c1-6-30-14-9-7-13(8-10-14)22-15(27)11-31-19-16-18(23-17(24-19)12(2)3)25(4)21(29)26(5)20(16)28/h7-10,12H,6,11H2,1-5H3,(H,22,27). The van der Waals surface area contributed by atoms with E-state index in [0.29, 0.717) is 23.1 Å². The summed E-state index contributed by atoms with van der Waals surface area (Å²) >= 11 is 1.14. The Kier molecular flexibility index (Phi) is 6.79. The van der Waals surface area contributed by atoms with Crippen LogP contribution in [0.3, 0.4) is 0 Å². The van der Waals surface area contributed by atoms with Crippen molar-refractivity contribution in [3.63, 3.8) is 0 Å². The monoisotopic (exact) mass is 443 g/mol. The van der Waals surface area contributed by atoms with Crippen molar-refractivity contribution in [2.75, 3.05) is 17.7 Å². The van der Waals surface area contributed by atoms with E-state index in [1.54, 1.807) is 31.3 Å². The minimum absolute atomic E-state index is 0.0133. The lowest BCUT2D eigenvalue weighted by atomic mass is 10.2. The van der Waals surface area contributed by atoms with Gasteiger partial charge in [0.2, 0.25) is 5.91 Å². The van der Waals surface area contributed by atoms with Crippen molar-refractivity contribution in [1.29, 1.82) is 0 Å². The van der Waals surface area contributed by atoms with Crippen molar-refractivity contribution in [1.82, 2.24) is 19.1 Å². The highest BCUT2D eigenvalue weighted by atomic mass is 32.2. The van der Waals surface area contributed by atoms with Crippen LogP contribution in [0.5, 0.6) is 5.75 Å². The third-order valence-corrected chi connectivity index (χ3v) is 5.56. The number of thioether (sulfide) groups is 1. The highest BCUT2D eigenvalue weighted by molar-refractivity contribution is 8.00. The first kappa shape index (κ1) is 22.5. The molecule has 0 saturated carbocycles. The number of carbonyl (C=O) groups is 1. The third-order valence-electron chi connectivity index (χ3n) is 4.59. The van der Waals surface area contributed by atoms with Crippen LogP contribution in [0, 0.1) is 0 Å². The molecule has 2 aromatic heterocycles. The average Bonchev–Trinajstić information content (AvgIpc) is 2.75. The number of ether oxygens (including phenoxy) is 1. The summed E-state index contributed by atoms with van der Waals surface area (Å²) in [4.78, 5) is 46.5. The molecule has 164 valence electrons. The molecule has 0 unspecified atom stereocenters. The fourth-order valence-corrected chi connectivity index (χ4v) is 3.76. The summed E-state index contributed by atoms with van der Waals surface area (Å²) < 4.78 is 7.74. The molecule has 0 spiro atoms. The third kappa shape index (κ3) is 4.79. The van der Waals surface area contributed by atoms with Crippen LogP contribution >= 0.6 is 11.8 Å². The molecule has 0 aliphatic carbocycles. The number of hydrogen-bond donors (Lipinski definition) is 1. The number of nitrogens with zero attached hydrogens (tertiary/aromatic N) is 4. The Morgan fingerprint density at radius 1 is 1.13 bits per heavy atom.